The first-order chi connectivity index (χ1) is 41.5. The number of cyclic esters (lactones) is 1. The third-order valence-electron chi connectivity index (χ3n) is 24.4. The number of aliphatic imine (C=N–C) groups is 1. The van der Waals surface area contributed by atoms with Gasteiger partial charge in [-0.3, -0.25) is 19.4 Å². The summed E-state index contributed by atoms with van der Waals surface area (Å²) in [4.78, 5) is 53.9. The number of ether oxygens (including phenoxy) is 1. The lowest BCUT2D eigenvalue weighted by Gasteiger charge is -2.68. The number of unbranched alkanes of at least 4 members (excludes halogenated alkanes) is 2. The smallest absolute Gasteiger partial charge is 0.313 e. The highest BCUT2D eigenvalue weighted by Crippen LogP contribution is 2.75. The topological polar surface area (TPSA) is 294 Å². The number of aromatic hydroxyl groups is 1. The van der Waals surface area contributed by atoms with E-state index in [4.69, 9.17) is 16.2 Å². The van der Waals surface area contributed by atoms with Crippen molar-refractivity contribution in [1.29, 1.82) is 0 Å². The molecule has 0 spiro atoms. The van der Waals surface area contributed by atoms with E-state index in [1.807, 2.05) is 18.5 Å². The first kappa shape index (κ1) is 64.2. The van der Waals surface area contributed by atoms with Crippen molar-refractivity contribution in [2.24, 2.45) is 97.8 Å². The number of benzene rings is 1. The van der Waals surface area contributed by atoms with Crippen molar-refractivity contribution in [2.45, 2.75) is 191 Å². The molecule has 22 unspecified atom stereocenters. The number of hydrogen-bond donors (Lipinski definition) is 11. The number of guanidine groups is 1. The number of nitrogens with two attached hydrogens (primary N) is 2. The SMILES string of the molecule is CCCCCC12C(=O)C3=C4C(CCC5(CCN=C(N)N)C6C(CC#CC(C7COC(=O)C7c7cc[nH]c7)CC7C8CC(C)CCC8=CCC7C(C)CC(O)C6(C)O)CC45O)C1(C)CC(O)C(O)C2CSSCC(c1ccc(O)cc1)CC(=O)C(CO)N3. The Labute approximate surface area is 522 Å². The van der Waals surface area contributed by atoms with Crippen LogP contribution in [0.3, 0.4) is 0 Å². The number of aliphatic hydroxyl groups excluding tert-OH is 4. The van der Waals surface area contributed by atoms with Crippen LogP contribution in [0, 0.1) is 93.2 Å². The number of nitrogens with zero attached hydrogens (tertiary/aromatic N) is 1. The van der Waals surface area contributed by atoms with Gasteiger partial charge in [0.2, 0.25) is 0 Å². The third-order valence-corrected chi connectivity index (χ3v) is 26.9. The maximum absolute atomic E-state index is 17.1. The van der Waals surface area contributed by atoms with Gasteiger partial charge < -0.3 is 62.3 Å². The Morgan fingerprint density at radius 3 is 2.41 bits per heavy atom. The number of aromatic nitrogens is 1. The fourth-order valence-electron chi connectivity index (χ4n) is 20.2. The molecule has 16 nitrogen and oxygen atoms in total. The predicted octanol–water partition coefficient (Wildman–Crippen LogP) is 8.19. The number of hydrogen-bond acceptors (Lipinski definition) is 15. The molecule has 0 radical (unpaired) electrons. The van der Waals surface area contributed by atoms with Crippen molar-refractivity contribution in [2.75, 3.05) is 31.3 Å². The number of H-pyrrole nitrogens is 1. The van der Waals surface area contributed by atoms with Crippen LogP contribution in [0.2, 0.25) is 0 Å². The minimum atomic E-state index is -1.99. The van der Waals surface area contributed by atoms with Crippen molar-refractivity contribution in [3.8, 4) is 17.6 Å². The molecule has 9 aliphatic rings. The molecule has 2 saturated heterocycles. The van der Waals surface area contributed by atoms with E-state index in [0.717, 1.165) is 56.1 Å². The number of phenols is 1. The molecule has 11 rings (SSSR count). The van der Waals surface area contributed by atoms with Crippen LogP contribution < -0.4 is 16.8 Å². The van der Waals surface area contributed by atoms with E-state index >= 15 is 14.7 Å². The lowest BCUT2D eigenvalue weighted by molar-refractivity contribution is -0.213. The molecule has 2 aromatic rings. The van der Waals surface area contributed by atoms with Crippen LogP contribution in [0.1, 0.15) is 167 Å². The molecule has 13 N–H and O–H groups in total. The number of carbonyl (C=O) groups excluding carboxylic acids is 3. The van der Waals surface area contributed by atoms with Gasteiger partial charge in [-0.2, -0.15) is 0 Å². The van der Waals surface area contributed by atoms with Gasteiger partial charge in [-0.15, -0.1) is 5.92 Å². The number of aromatic amines is 1. The third kappa shape index (κ3) is 11.1. The molecule has 4 saturated carbocycles. The second-order valence-electron chi connectivity index (χ2n) is 28.9. The molecule has 3 heterocycles. The van der Waals surface area contributed by atoms with Gasteiger partial charge in [0.25, 0.3) is 0 Å². The minimum absolute atomic E-state index is 0.0161. The fourth-order valence-corrected chi connectivity index (χ4v) is 23.0. The van der Waals surface area contributed by atoms with Crippen molar-refractivity contribution in [1.82, 2.24) is 10.3 Å². The lowest BCUT2D eigenvalue weighted by Crippen LogP contribution is -2.71. The Hall–Kier alpha value is -4.32. The van der Waals surface area contributed by atoms with E-state index in [-0.39, 0.29) is 129 Å². The Morgan fingerprint density at radius 1 is 0.920 bits per heavy atom. The van der Waals surface area contributed by atoms with E-state index in [1.54, 1.807) is 31.2 Å². The molecular weight excluding hydrogens is 1140 g/mol. The van der Waals surface area contributed by atoms with Crippen molar-refractivity contribution in [3.05, 3.63) is 76.8 Å². The summed E-state index contributed by atoms with van der Waals surface area (Å²) in [6.07, 6.45) is 11.0. The summed E-state index contributed by atoms with van der Waals surface area (Å²) in [6.45, 7) is 9.99. The standard InChI is InChI=1S/C69H97N5O11S2/c1-6-7-8-22-68-52-37-87-86-36-45(40-14-17-46(76)18-15-40)30-54(77)53(34-75)74-59(62(68)81)58-51(65(68,4)32-55(78)60(52)80)20-23-67(24-26-73-64(70)71)61-43(31-69(58,67)84)11-9-10-42(50-35-85-63(82)57(50)44-21-25-72-33-44)29-49-47(39(3)28-56(79)66(61,5)83)19-16-41-13-12-38(2)27-48(41)49/h14-18,21,25,33,38-39,42-43,45,47-53,55-57,60-61,72,74-76,78-80,83-84H,6-8,11-13,19-20,22-24,26-32,34-37H2,1-5H3,(H4,70,71,73). The number of aliphatic hydroxyl groups is 6. The van der Waals surface area contributed by atoms with Crippen LogP contribution in [-0.4, -0.2) is 131 Å². The largest absolute Gasteiger partial charge is 0.508 e. The number of Topliss-reactive ketones (excluding diaryl/α,β-unsaturated/α-hetero) is 2. The highest BCUT2D eigenvalue weighted by Gasteiger charge is 2.77. The summed E-state index contributed by atoms with van der Waals surface area (Å²) in [5.74, 6) is 3.93. The Morgan fingerprint density at radius 2 is 1.69 bits per heavy atom. The van der Waals surface area contributed by atoms with Crippen molar-refractivity contribution >= 4 is 45.1 Å². The van der Waals surface area contributed by atoms with E-state index in [9.17, 15) is 35.4 Å². The highest BCUT2D eigenvalue weighted by atomic mass is 33.1. The van der Waals surface area contributed by atoms with Crippen LogP contribution in [0.4, 0.5) is 0 Å². The zero-order valence-electron chi connectivity index (χ0n) is 51.7. The van der Waals surface area contributed by atoms with E-state index in [1.165, 1.54) is 27.2 Å². The van der Waals surface area contributed by atoms with Crippen LogP contribution in [-0.2, 0) is 19.1 Å². The monoisotopic (exact) mass is 1240 g/mol. The van der Waals surface area contributed by atoms with E-state index in [2.05, 4.69) is 60.9 Å². The summed E-state index contributed by atoms with van der Waals surface area (Å²) in [7, 11) is 3.05. The minimum Gasteiger partial charge on any atom is -0.508 e. The molecule has 18 heteroatoms. The Kier molecular flexibility index (Phi) is 18.7. The number of nitrogens with one attached hydrogen (secondary N) is 2. The molecule has 2 aliphatic heterocycles. The quantitative estimate of drug-likeness (QED) is 0.0192. The van der Waals surface area contributed by atoms with Gasteiger partial charge in [0.05, 0.1) is 54.3 Å². The van der Waals surface area contributed by atoms with Gasteiger partial charge in [-0.25, -0.2) is 0 Å². The Balaban J connectivity index is 1.11. The number of esters is 1. The van der Waals surface area contributed by atoms with Gasteiger partial charge in [0.1, 0.15) is 11.8 Å². The van der Waals surface area contributed by atoms with Gasteiger partial charge in [-0.05, 0) is 166 Å². The molecular formula is C69H97N5O11S2. The van der Waals surface area contributed by atoms with Gasteiger partial charge in [0.15, 0.2) is 17.5 Å². The summed E-state index contributed by atoms with van der Waals surface area (Å²) in [6, 6.07) is 7.37. The number of phenolic OH excluding ortho intramolecular Hbond substituents is 1. The number of ketones is 2. The number of rotatable bonds is 11. The molecule has 87 heavy (non-hydrogen) atoms. The highest BCUT2D eigenvalue weighted by molar-refractivity contribution is 8.76. The molecule has 1 aromatic heterocycles. The van der Waals surface area contributed by atoms with Gasteiger partial charge >= 0.3 is 5.97 Å². The first-order valence-electron chi connectivity index (χ1n) is 32.8. The fraction of sp³-hybridized carbons (Fsp3) is 0.710. The summed E-state index contributed by atoms with van der Waals surface area (Å²) < 4.78 is 5.99. The number of fused-ring (bicyclic) bond motifs is 10. The molecule has 6 fully saturated rings. The number of allylic oxidation sites excluding steroid dienone is 3. The molecule has 7 aliphatic carbocycles. The molecule has 476 valence electrons. The molecule has 1 aromatic carbocycles. The maximum atomic E-state index is 17.1. The zero-order chi connectivity index (χ0) is 62.0. The van der Waals surface area contributed by atoms with Gasteiger partial charge in [-0.1, -0.05) is 98.2 Å². The summed E-state index contributed by atoms with van der Waals surface area (Å²) in [5, 5.41) is 92.4. The second kappa shape index (κ2) is 25.4. The van der Waals surface area contributed by atoms with Crippen LogP contribution in [0.25, 0.3) is 0 Å². The second-order valence-corrected chi connectivity index (χ2v) is 31.5. The van der Waals surface area contributed by atoms with E-state index in [0.29, 0.717) is 48.2 Å². The summed E-state index contributed by atoms with van der Waals surface area (Å²) in [5.41, 5.74) is 8.20. The molecule has 22 atom stereocenters. The van der Waals surface area contributed by atoms with Gasteiger partial charge in [0, 0.05) is 83.7 Å². The summed E-state index contributed by atoms with van der Waals surface area (Å²) >= 11 is 0. The predicted molar refractivity (Wildman–Crippen MR) is 338 cm³/mol. The van der Waals surface area contributed by atoms with Crippen molar-refractivity contribution in [3.63, 3.8) is 0 Å². The average molecular weight is 1240 g/mol. The van der Waals surface area contributed by atoms with Crippen LogP contribution >= 0.6 is 21.6 Å². The number of carbonyl (C=O) groups is 3. The van der Waals surface area contributed by atoms with Crippen molar-refractivity contribution < 1.29 is 54.9 Å². The van der Waals surface area contributed by atoms with Crippen LogP contribution in [0.15, 0.2) is 70.6 Å². The normalized spacial score (nSPS) is 43.2. The van der Waals surface area contributed by atoms with E-state index < -0.39 is 88.0 Å². The Bertz CT molecular complexity index is 3010. The molecule has 2 bridgehead atoms. The first-order valence-corrected chi connectivity index (χ1v) is 35.3. The lowest BCUT2D eigenvalue weighted by atomic mass is 9.37. The average Bonchev–Trinajstić information content (AvgIpc) is 1.42. The maximum Gasteiger partial charge on any atom is 0.313 e. The zero-order valence-corrected chi connectivity index (χ0v) is 53.3. The van der Waals surface area contributed by atoms with Crippen LogP contribution in [0.5, 0.6) is 5.75 Å². The molecule has 0 amide bonds.